The van der Waals surface area contributed by atoms with Gasteiger partial charge in [-0.3, -0.25) is 14.9 Å². The van der Waals surface area contributed by atoms with E-state index in [1.54, 1.807) is 25.1 Å². The molecular formula is C27H21F3N4O5. The topological polar surface area (TPSA) is 109 Å². The summed E-state index contributed by atoms with van der Waals surface area (Å²) in [6.45, 7) is 5.39. The van der Waals surface area contributed by atoms with E-state index in [1.165, 1.54) is 36.4 Å². The van der Waals surface area contributed by atoms with E-state index in [2.05, 4.69) is 16.7 Å². The van der Waals surface area contributed by atoms with Crippen molar-refractivity contribution in [1.29, 1.82) is 0 Å². The number of ether oxygens (including phenoxy) is 2. The van der Waals surface area contributed by atoms with Crippen LogP contribution in [0.2, 0.25) is 0 Å². The monoisotopic (exact) mass is 538 g/mol. The number of hydrogen-bond donors (Lipinski definition) is 0. The van der Waals surface area contributed by atoms with E-state index in [4.69, 9.17) is 9.47 Å². The summed E-state index contributed by atoms with van der Waals surface area (Å²) in [4.78, 5) is 28.9. The zero-order valence-corrected chi connectivity index (χ0v) is 20.5. The first-order chi connectivity index (χ1) is 18.6. The molecule has 200 valence electrons. The normalized spacial score (nSPS) is 11.6. The van der Waals surface area contributed by atoms with Crippen molar-refractivity contribution < 1.29 is 27.6 Å². The molecule has 0 aliphatic carbocycles. The second kappa shape index (κ2) is 11.2. The van der Waals surface area contributed by atoms with Crippen LogP contribution in [0.3, 0.4) is 0 Å². The molecule has 0 atom stereocenters. The standard InChI is InChI=1S/C27H21F3N4O5/c1-3-12-39-24-22(34(36)37)13-17(14-23(24)38-4-2)16-31-33-25(18-8-7-9-19(15-18)27(28,29)30)32-21-11-6-5-10-20(21)26(33)35/h3,5-11,13-16H,1,4,12H2,2H3. The number of rotatable bonds is 9. The first-order valence-corrected chi connectivity index (χ1v) is 11.6. The summed E-state index contributed by atoms with van der Waals surface area (Å²) in [5, 5.41) is 16.1. The number of aromatic nitrogens is 2. The number of para-hydroxylation sites is 1. The minimum Gasteiger partial charge on any atom is -0.490 e. The van der Waals surface area contributed by atoms with Gasteiger partial charge in [0.15, 0.2) is 11.6 Å². The maximum absolute atomic E-state index is 13.4. The Morgan fingerprint density at radius 3 is 2.59 bits per heavy atom. The largest absolute Gasteiger partial charge is 0.490 e. The van der Waals surface area contributed by atoms with Gasteiger partial charge in [-0.2, -0.15) is 22.9 Å². The summed E-state index contributed by atoms with van der Waals surface area (Å²) in [6, 6.07) is 13.3. The Bertz CT molecular complexity index is 1650. The zero-order valence-electron chi connectivity index (χ0n) is 20.5. The van der Waals surface area contributed by atoms with Crippen molar-refractivity contribution in [3.63, 3.8) is 0 Å². The van der Waals surface area contributed by atoms with Gasteiger partial charge in [0.1, 0.15) is 6.61 Å². The molecule has 0 radical (unpaired) electrons. The zero-order chi connectivity index (χ0) is 28.2. The highest BCUT2D eigenvalue weighted by Gasteiger charge is 2.31. The molecule has 39 heavy (non-hydrogen) atoms. The van der Waals surface area contributed by atoms with Crippen molar-refractivity contribution in [3.05, 3.63) is 105 Å². The molecule has 0 saturated carbocycles. The lowest BCUT2D eigenvalue weighted by Crippen LogP contribution is -2.20. The highest BCUT2D eigenvalue weighted by atomic mass is 19.4. The van der Waals surface area contributed by atoms with Crippen LogP contribution in [-0.4, -0.2) is 34.0 Å². The molecule has 9 nitrogen and oxygen atoms in total. The number of nitro groups is 1. The maximum atomic E-state index is 13.4. The Morgan fingerprint density at radius 2 is 1.90 bits per heavy atom. The molecule has 0 unspecified atom stereocenters. The SMILES string of the molecule is C=CCOc1c(OCC)cc(C=Nn2c(-c3cccc(C(F)(F)F)c3)nc3ccccc3c2=O)cc1[N+](=O)[O-]. The molecule has 12 heteroatoms. The molecule has 0 bridgehead atoms. The van der Waals surface area contributed by atoms with E-state index in [0.717, 1.165) is 23.0 Å². The molecule has 0 N–H and O–H groups in total. The average molecular weight is 538 g/mol. The van der Waals surface area contributed by atoms with Gasteiger partial charge in [0.05, 0.1) is 34.2 Å². The van der Waals surface area contributed by atoms with Gasteiger partial charge in [0, 0.05) is 17.2 Å². The van der Waals surface area contributed by atoms with E-state index in [1.807, 2.05) is 0 Å². The van der Waals surface area contributed by atoms with Crippen molar-refractivity contribution in [1.82, 2.24) is 9.66 Å². The number of fused-ring (bicyclic) bond motifs is 1. The number of nitrogens with zero attached hydrogens (tertiary/aromatic N) is 4. The van der Waals surface area contributed by atoms with Gasteiger partial charge in [0.2, 0.25) is 5.75 Å². The molecule has 0 spiro atoms. The molecule has 0 saturated heterocycles. The van der Waals surface area contributed by atoms with Crippen LogP contribution in [0, 0.1) is 10.1 Å². The van der Waals surface area contributed by atoms with Crippen LogP contribution in [0.4, 0.5) is 18.9 Å². The third-order valence-corrected chi connectivity index (χ3v) is 5.42. The molecule has 0 amide bonds. The molecule has 0 aliphatic rings. The van der Waals surface area contributed by atoms with Crippen LogP contribution in [0.25, 0.3) is 22.3 Å². The van der Waals surface area contributed by atoms with Crippen LogP contribution in [-0.2, 0) is 6.18 Å². The fourth-order valence-electron chi connectivity index (χ4n) is 3.75. The van der Waals surface area contributed by atoms with Gasteiger partial charge in [0.25, 0.3) is 5.56 Å². The quantitative estimate of drug-likeness (QED) is 0.115. The van der Waals surface area contributed by atoms with Gasteiger partial charge >= 0.3 is 11.9 Å². The third kappa shape index (κ3) is 5.79. The molecule has 1 aromatic heterocycles. The smallest absolute Gasteiger partial charge is 0.416 e. The van der Waals surface area contributed by atoms with Crippen LogP contribution in [0.1, 0.15) is 18.1 Å². The van der Waals surface area contributed by atoms with Crippen molar-refractivity contribution >= 4 is 22.8 Å². The predicted octanol–water partition coefficient (Wildman–Crippen LogP) is 5.84. The molecule has 0 fully saturated rings. The first kappa shape index (κ1) is 27.0. The minimum absolute atomic E-state index is 0.000938. The van der Waals surface area contributed by atoms with Crippen LogP contribution < -0.4 is 15.0 Å². The lowest BCUT2D eigenvalue weighted by Gasteiger charge is -2.13. The molecule has 0 aliphatic heterocycles. The van der Waals surface area contributed by atoms with E-state index in [-0.39, 0.29) is 52.6 Å². The highest BCUT2D eigenvalue weighted by molar-refractivity contribution is 5.84. The van der Waals surface area contributed by atoms with Gasteiger partial charge in [-0.15, -0.1) is 0 Å². The number of halogens is 3. The summed E-state index contributed by atoms with van der Waals surface area (Å²) in [5.41, 5.74) is -1.55. The Balaban J connectivity index is 1.91. The molecular weight excluding hydrogens is 517 g/mol. The lowest BCUT2D eigenvalue weighted by atomic mass is 10.1. The number of hydrogen-bond acceptors (Lipinski definition) is 7. The van der Waals surface area contributed by atoms with Crippen molar-refractivity contribution in [3.8, 4) is 22.9 Å². The van der Waals surface area contributed by atoms with Gasteiger partial charge in [-0.25, -0.2) is 4.98 Å². The molecule has 4 aromatic rings. The van der Waals surface area contributed by atoms with E-state index in [9.17, 15) is 28.1 Å². The molecule has 1 heterocycles. The van der Waals surface area contributed by atoms with Crippen LogP contribution in [0.5, 0.6) is 11.5 Å². The summed E-state index contributed by atoms with van der Waals surface area (Å²) >= 11 is 0. The maximum Gasteiger partial charge on any atom is 0.416 e. The number of alkyl halides is 3. The van der Waals surface area contributed by atoms with E-state index in [0.29, 0.717) is 0 Å². The fraction of sp³-hybridized carbons (Fsp3) is 0.148. The predicted molar refractivity (Wildman–Crippen MR) is 139 cm³/mol. The van der Waals surface area contributed by atoms with Gasteiger partial charge < -0.3 is 9.47 Å². The van der Waals surface area contributed by atoms with Crippen LogP contribution in [0.15, 0.2) is 83.2 Å². The van der Waals surface area contributed by atoms with Crippen molar-refractivity contribution in [2.45, 2.75) is 13.1 Å². The molecule has 3 aromatic carbocycles. The number of nitro benzene ring substituents is 1. The summed E-state index contributed by atoms with van der Waals surface area (Å²) in [7, 11) is 0. The van der Waals surface area contributed by atoms with E-state index < -0.39 is 27.9 Å². The Labute approximate surface area is 219 Å². The fourth-order valence-corrected chi connectivity index (χ4v) is 3.75. The van der Waals surface area contributed by atoms with Crippen molar-refractivity contribution in [2.24, 2.45) is 5.10 Å². The lowest BCUT2D eigenvalue weighted by molar-refractivity contribution is -0.385. The summed E-state index contributed by atoms with van der Waals surface area (Å²) < 4.78 is 52.0. The Hall–Kier alpha value is -5.00. The van der Waals surface area contributed by atoms with Gasteiger partial charge in [-0.1, -0.05) is 36.9 Å². The number of benzene rings is 3. The second-order valence-electron chi connectivity index (χ2n) is 8.05. The third-order valence-electron chi connectivity index (χ3n) is 5.42. The van der Waals surface area contributed by atoms with Crippen molar-refractivity contribution in [2.75, 3.05) is 13.2 Å². The molecule has 4 rings (SSSR count). The minimum atomic E-state index is -4.62. The highest BCUT2D eigenvalue weighted by Crippen LogP contribution is 2.38. The summed E-state index contributed by atoms with van der Waals surface area (Å²) in [5.74, 6) is -0.184. The Kier molecular flexibility index (Phi) is 7.75. The summed E-state index contributed by atoms with van der Waals surface area (Å²) in [6.07, 6.45) is -2.05. The first-order valence-electron chi connectivity index (χ1n) is 11.6. The Morgan fingerprint density at radius 1 is 1.13 bits per heavy atom. The van der Waals surface area contributed by atoms with Crippen LogP contribution >= 0.6 is 0 Å². The average Bonchev–Trinajstić information content (AvgIpc) is 2.91. The second-order valence-corrected chi connectivity index (χ2v) is 8.05. The van der Waals surface area contributed by atoms with Gasteiger partial charge in [-0.05, 0) is 37.3 Å². The van der Waals surface area contributed by atoms with E-state index >= 15 is 0 Å².